The molecule has 21 heavy (non-hydrogen) atoms. The summed E-state index contributed by atoms with van der Waals surface area (Å²) in [5, 5.41) is 7.23. The van der Waals surface area contributed by atoms with Gasteiger partial charge in [-0.3, -0.25) is 0 Å². The molecule has 0 radical (unpaired) electrons. The van der Waals surface area contributed by atoms with Crippen LogP contribution < -0.4 is 15.4 Å². The zero-order valence-electron chi connectivity index (χ0n) is 13.5. The molecule has 1 aliphatic rings. The molecule has 0 bridgehead atoms. The van der Waals surface area contributed by atoms with Crippen molar-refractivity contribution in [2.24, 2.45) is 0 Å². The molecule has 2 N–H and O–H groups in total. The van der Waals surface area contributed by atoms with Gasteiger partial charge in [0.05, 0.1) is 0 Å². The first kappa shape index (κ1) is 16.3. The van der Waals surface area contributed by atoms with Gasteiger partial charge in [-0.25, -0.2) is 0 Å². The van der Waals surface area contributed by atoms with Crippen molar-refractivity contribution in [3.63, 3.8) is 0 Å². The smallest absolute Gasteiger partial charge is 0.119 e. The van der Waals surface area contributed by atoms with Crippen molar-refractivity contribution < 1.29 is 4.74 Å². The summed E-state index contributed by atoms with van der Waals surface area (Å²) in [6, 6.07) is 9.46. The van der Waals surface area contributed by atoms with E-state index in [-0.39, 0.29) is 0 Å². The molecule has 1 aromatic carbocycles. The van der Waals surface area contributed by atoms with Crippen molar-refractivity contribution in [1.82, 2.24) is 10.6 Å². The first-order chi connectivity index (χ1) is 10.2. The van der Waals surface area contributed by atoms with E-state index in [4.69, 9.17) is 4.74 Å². The first-order valence-corrected chi connectivity index (χ1v) is 8.40. The minimum atomic E-state index is 0.543. The SMILES string of the molecule is Cc1cccc(OCCNC(C)CC2CCCCCN2)c1. The van der Waals surface area contributed by atoms with E-state index in [1.165, 1.54) is 44.2 Å². The highest BCUT2D eigenvalue weighted by Crippen LogP contribution is 2.13. The second kappa shape index (κ2) is 9.06. The Hall–Kier alpha value is -1.06. The number of nitrogens with one attached hydrogen (secondary N) is 2. The Morgan fingerprint density at radius 1 is 1.33 bits per heavy atom. The second-order valence-electron chi connectivity index (χ2n) is 6.26. The van der Waals surface area contributed by atoms with Gasteiger partial charge in [0.1, 0.15) is 12.4 Å². The molecule has 1 saturated heterocycles. The van der Waals surface area contributed by atoms with Crippen LogP contribution in [0.15, 0.2) is 24.3 Å². The van der Waals surface area contributed by atoms with Gasteiger partial charge in [0.25, 0.3) is 0 Å². The van der Waals surface area contributed by atoms with E-state index in [9.17, 15) is 0 Å². The highest BCUT2D eigenvalue weighted by atomic mass is 16.5. The average Bonchev–Trinajstić information content (AvgIpc) is 2.72. The van der Waals surface area contributed by atoms with Crippen LogP contribution in [-0.4, -0.2) is 31.8 Å². The third-order valence-corrected chi connectivity index (χ3v) is 4.15. The van der Waals surface area contributed by atoms with Gasteiger partial charge in [0.15, 0.2) is 0 Å². The third kappa shape index (κ3) is 6.49. The predicted molar refractivity (Wildman–Crippen MR) is 89.0 cm³/mol. The second-order valence-corrected chi connectivity index (χ2v) is 6.26. The fourth-order valence-electron chi connectivity index (χ4n) is 2.99. The van der Waals surface area contributed by atoms with E-state index >= 15 is 0 Å². The highest BCUT2D eigenvalue weighted by Gasteiger charge is 2.14. The van der Waals surface area contributed by atoms with Crippen LogP contribution in [0.25, 0.3) is 0 Å². The number of hydrogen-bond acceptors (Lipinski definition) is 3. The molecule has 0 spiro atoms. The summed E-state index contributed by atoms with van der Waals surface area (Å²) in [5.74, 6) is 0.967. The molecule has 3 heteroatoms. The Labute approximate surface area is 129 Å². The van der Waals surface area contributed by atoms with Crippen LogP contribution in [-0.2, 0) is 0 Å². The van der Waals surface area contributed by atoms with E-state index in [1.807, 2.05) is 12.1 Å². The summed E-state index contributed by atoms with van der Waals surface area (Å²) >= 11 is 0. The van der Waals surface area contributed by atoms with E-state index in [0.717, 1.165) is 18.9 Å². The number of aryl methyl sites for hydroxylation is 1. The molecule has 0 amide bonds. The largest absolute Gasteiger partial charge is 0.492 e. The van der Waals surface area contributed by atoms with Crippen LogP contribution in [0.2, 0.25) is 0 Å². The molecule has 1 aromatic rings. The van der Waals surface area contributed by atoms with E-state index < -0.39 is 0 Å². The number of rotatable bonds is 7. The lowest BCUT2D eigenvalue weighted by Gasteiger charge is -2.21. The fraction of sp³-hybridized carbons (Fsp3) is 0.667. The normalized spacial score (nSPS) is 20.8. The Balaban J connectivity index is 1.59. The monoisotopic (exact) mass is 290 g/mol. The third-order valence-electron chi connectivity index (χ3n) is 4.15. The number of ether oxygens (including phenoxy) is 1. The molecule has 0 aliphatic carbocycles. The number of benzene rings is 1. The van der Waals surface area contributed by atoms with Gasteiger partial charge in [-0.05, 0) is 57.4 Å². The van der Waals surface area contributed by atoms with Crippen LogP contribution in [0.1, 0.15) is 44.6 Å². The zero-order chi connectivity index (χ0) is 14.9. The van der Waals surface area contributed by atoms with Crippen LogP contribution in [0, 0.1) is 6.92 Å². The summed E-state index contributed by atoms with van der Waals surface area (Å²) in [7, 11) is 0. The van der Waals surface area contributed by atoms with Crippen molar-refractivity contribution in [1.29, 1.82) is 0 Å². The topological polar surface area (TPSA) is 33.3 Å². The lowest BCUT2D eigenvalue weighted by Crippen LogP contribution is -2.38. The Morgan fingerprint density at radius 2 is 2.24 bits per heavy atom. The maximum atomic E-state index is 5.77. The Morgan fingerprint density at radius 3 is 3.10 bits per heavy atom. The van der Waals surface area contributed by atoms with Gasteiger partial charge >= 0.3 is 0 Å². The summed E-state index contributed by atoms with van der Waals surface area (Å²) in [6.45, 7) is 7.19. The minimum absolute atomic E-state index is 0.543. The molecule has 0 saturated carbocycles. The first-order valence-electron chi connectivity index (χ1n) is 8.40. The number of hydrogen-bond donors (Lipinski definition) is 2. The van der Waals surface area contributed by atoms with Crippen molar-refractivity contribution in [2.45, 2.75) is 58.0 Å². The summed E-state index contributed by atoms with van der Waals surface area (Å²) in [6.07, 6.45) is 6.63. The van der Waals surface area contributed by atoms with E-state index in [1.54, 1.807) is 0 Å². The maximum absolute atomic E-state index is 5.77. The van der Waals surface area contributed by atoms with Crippen molar-refractivity contribution >= 4 is 0 Å². The average molecular weight is 290 g/mol. The molecule has 1 aliphatic heterocycles. The van der Waals surface area contributed by atoms with Crippen LogP contribution in [0.5, 0.6) is 5.75 Å². The Bertz CT molecular complexity index is 400. The van der Waals surface area contributed by atoms with Crippen molar-refractivity contribution in [2.75, 3.05) is 19.7 Å². The van der Waals surface area contributed by atoms with Gasteiger partial charge in [0.2, 0.25) is 0 Å². The van der Waals surface area contributed by atoms with Crippen molar-refractivity contribution in [3.05, 3.63) is 29.8 Å². The molecular weight excluding hydrogens is 260 g/mol. The molecule has 3 nitrogen and oxygen atoms in total. The van der Waals surface area contributed by atoms with Crippen molar-refractivity contribution in [3.8, 4) is 5.75 Å². The summed E-state index contributed by atoms with van der Waals surface area (Å²) < 4.78 is 5.77. The molecular formula is C18H30N2O. The van der Waals surface area contributed by atoms with Gasteiger partial charge in [-0.1, -0.05) is 25.0 Å². The van der Waals surface area contributed by atoms with Gasteiger partial charge in [-0.2, -0.15) is 0 Å². The van der Waals surface area contributed by atoms with Gasteiger partial charge in [0, 0.05) is 18.6 Å². The standard InChI is InChI=1S/C18H30N2O/c1-15-7-6-9-18(13-15)21-12-11-19-16(2)14-17-8-4-3-5-10-20-17/h6-7,9,13,16-17,19-20H,3-5,8,10-12,14H2,1-2H3. The highest BCUT2D eigenvalue weighted by molar-refractivity contribution is 5.27. The minimum Gasteiger partial charge on any atom is -0.492 e. The molecule has 2 rings (SSSR count). The van der Waals surface area contributed by atoms with Gasteiger partial charge < -0.3 is 15.4 Å². The summed E-state index contributed by atoms with van der Waals surface area (Å²) in [4.78, 5) is 0. The van der Waals surface area contributed by atoms with Crippen LogP contribution in [0.3, 0.4) is 0 Å². The molecule has 2 atom stereocenters. The lowest BCUT2D eigenvalue weighted by atomic mass is 10.0. The van der Waals surface area contributed by atoms with E-state index in [0.29, 0.717) is 12.1 Å². The molecule has 1 fully saturated rings. The summed E-state index contributed by atoms with van der Waals surface area (Å²) in [5.41, 5.74) is 1.24. The van der Waals surface area contributed by atoms with E-state index in [2.05, 4.69) is 36.6 Å². The molecule has 0 aromatic heterocycles. The molecule has 118 valence electrons. The zero-order valence-corrected chi connectivity index (χ0v) is 13.5. The predicted octanol–water partition coefficient (Wildman–Crippen LogP) is 3.27. The van der Waals surface area contributed by atoms with Gasteiger partial charge in [-0.15, -0.1) is 0 Å². The molecule has 1 heterocycles. The van der Waals surface area contributed by atoms with Crippen LogP contribution in [0.4, 0.5) is 0 Å². The fourth-order valence-corrected chi connectivity index (χ4v) is 2.99. The molecule has 2 unspecified atom stereocenters. The maximum Gasteiger partial charge on any atom is 0.119 e. The lowest BCUT2D eigenvalue weighted by molar-refractivity contribution is 0.299. The Kier molecular flexibility index (Phi) is 7.04. The van der Waals surface area contributed by atoms with Crippen LogP contribution >= 0.6 is 0 Å². The quantitative estimate of drug-likeness (QED) is 0.756.